The zero-order valence-corrected chi connectivity index (χ0v) is 16.9. The molecule has 1 fully saturated rings. The van der Waals surface area contributed by atoms with Gasteiger partial charge in [-0.1, -0.05) is 18.2 Å². The van der Waals surface area contributed by atoms with E-state index in [1.807, 2.05) is 37.3 Å². The maximum Gasteiger partial charge on any atom is 0.247 e. The number of para-hydroxylation sites is 1. The van der Waals surface area contributed by atoms with Crippen LogP contribution in [-0.4, -0.2) is 45.9 Å². The minimum Gasteiger partial charge on any atom is -0.341 e. The molecule has 1 aromatic carbocycles. The molecule has 1 saturated heterocycles. The summed E-state index contributed by atoms with van der Waals surface area (Å²) < 4.78 is 0. The zero-order valence-electron chi connectivity index (χ0n) is 16.1. The highest BCUT2D eigenvalue weighted by Gasteiger charge is 2.37. The molecule has 1 atom stereocenters. The lowest BCUT2D eigenvalue weighted by molar-refractivity contribution is -0.136. The number of piperidine rings is 1. The number of carbonyl (C=O) groups is 3. The second-order valence-electron chi connectivity index (χ2n) is 7.29. The number of rotatable bonds is 3. The van der Waals surface area contributed by atoms with E-state index in [2.05, 4.69) is 15.6 Å². The fraction of sp³-hybridized carbons (Fsp3) is 0.333. The number of amides is 3. The number of pyridine rings is 1. The van der Waals surface area contributed by atoms with Gasteiger partial charge in [0.2, 0.25) is 17.7 Å². The summed E-state index contributed by atoms with van der Waals surface area (Å²) in [4.78, 5) is 44.6. The minimum atomic E-state index is -0.785. The van der Waals surface area contributed by atoms with Gasteiger partial charge in [0.1, 0.15) is 5.82 Å². The van der Waals surface area contributed by atoms with E-state index in [4.69, 9.17) is 0 Å². The quantitative estimate of drug-likeness (QED) is 0.759. The number of aromatic nitrogens is 1. The van der Waals surface area contributed by atoms with Gasteiger partial charge < -0.3 is 15.5 Å². The maximum absolute atomic E-state index is 12.9. The Balaban J connectivity index is 1.33. The van der Waals surface area contributed by atoms with Gasteiger partial charge in [0.25, 0.3) is 0 Å². The van der Waals surface area contributed by atoms with Gasteiger partial charge in [-0.05, 0) is 43.5 Å². The molecular formula is C21H22N4O3S. The Morgan fingerprint density at radius 3 is 2.66 bits per heavy atom. The van der Waals surface area contributed by atoms with Crippen molar-refractivity contribution < 1.29 is 14.4 Å². The smallest absolute Gasteiger partial charge is 0.247 e. The molecule has 1 aromatic heterocycles. The average molecular weight is 410 g/mol. The second kappa shape index (κ2) is 8.24. The van der Waals surface area contributed by atoms with Crippen LogP contribution in [0.25, 0.3) is 0 Å². The molecule has 1 unspecified atom stereocenters. The Kier molecular flexibility index (Phi) is 5.53. The molecule has 8 heteroatoms. The van der Waals surface area contributed by atoms with Crippen molar-refractivity contribution in [3.05, 3.63) is 48.2 Å². The molecule has 7 nitrogen and oxygen atoms in total. The molecular weight excluding hydrogens is 388 g/mol. The van der Waals surface area contributed by atoms with Gasteiger partial charge in [-0.25, -0.2) is 4.98 Å². The molecule has 3 amide bonds. The number of anilines is 2. The normalized spacial score (nSPS) is 19.3. The number of thioether (sulfide) groups is 1. The molecule has 2 N–H and O–H groups in total. The van der Waals surface area contributed by atoms with E-state index in [0.717, 1.165) is 16.1 Å². The van der Waals surface area contributed by atoms with Crippen LogP contribution in [0.4, 0.5) is 11.5 Å². The summed E-state index contributed by atoms with van der Waals surface area (Å²) in [5.41, 5.74) is 1.77. The summed E-state index contributed by atoms with van der Waals surface area (Å²) in [6.07, 6.45) is 2.85. The average Bonchev–Trinajstić information content (AvgIpc) is 2.74. The molecule has 3 heterocycles. The van der Waals surface area contributed by atoms with Gasteiger partial charge in [-0.2, -0.15) is 0 Å². The molecule has 0 spiro atoms. The molecule has 4 rings (SSSR count). The van der Waals surface area contributed by atoms with Gasteiger partial charge in [0.15, 0.2) is 5.25 Å². The second-order valence-corrected chi connectivity index (χ2v) is 8.44. The number of hydrogen-bond donors (Lipinski definition) is 2. The molecule has 0 radical (unpaired) electrons. The predicted molar refractivity (Wildman–Crippen MR) is 112 cm³/mol. The molecule has 0 saturated carbocycles. The number of nitrogens with one attached hydrogen (secondary N) is 2. The van der Waals surface area contributed by atoms with Gasteiger partial charge in [-0.3, -0.25) is 14.4 Å². The van der Waals surface area contributed by atoms with Crippen molar-refractivity contribution >= 4 is 41.0 Å². The predicted octanol–water partition coefficient (Wildman–Crippen LogP) is 2.68. The third-order valence-electron chi connectivity index (χ3n) is 5.19. The summed E-state index contributed by atoms with van der Waals surface area (Å²) in [6, 6.07) is 11.1. The van der Waals surface area contributed by atoms with Crippen molar-refractivity contribution in [2.75, 3.05) is 23.7 Å². The Bertz CT molecular complexity index is 939. The fourth-order valence-electron chi connectivity index (χ4n) is 3.51. The lowest BCUT2D eigenvalue weighted by Gasteiger charge is -2.34. The number of likely N-dealkylation sites (tertiary alicyclic amines) is 1. The first-order valence-electron chi connectivity index (χ1n) is 9.60. The van der Waals surface area contributed by atoms with Crippen molar-refractivity contribution in [1.82, 2.24) is 9.88 Å². The van der Waals surface area contributed by atoms with Gasteiger partial charge in [0.05, 0.1) is 5.69 Å². The third kappa shape index (κ3) is 4.27. The first kappa shape index (κ1) is 19.4. The van der Waals surface area contributed by atoms with Gasteiger partial charge in [-0.15, -0.1) is 11.8 Å². The van der Waals surface area contributed by atoms with E-state index in [-0.39, 0.29) is 23.6 Å². The highest BCUT2D eigenvalue weighted by Crippen LogP contribution is 2.36. The van der Waals surface area contributed by atoms with Crippen LogP contribution in [0.5, 0.6) is 0 Å². The van der Waals surface area contributed by atoms with E-state index < -0.39 is 5.25 Å². The van der Waals surface area contributed by atoms with Crippen molar-refractivity contribution in [2.45, 2.75) is 29.9 Å². The molecule has 0 bridgehead atoms. The van der Waals surface area contributed by atoms with E-state index >= 15 is 0 Å². The van der Waals surface area contributed by atoms with Crippen molar-refractivity contribution in [1.29, 1.82) is 0 Å². The molecule has 2 aromatic rings. The zero-order chi connectivity index (χ0) is 20.4. The van der Waals surface area contributed by atoms with Crippen molar-refractivity contribution in [3.63, 3.8) is 0 Å². The summed E-state index contributed by atoms with van der Waals surface area (Å²) in [7, 11) is 0. The van der Waals surface area contributed by atoms with Gasteiger partial charge in [0, 0.05) is 30.1 Å². The number of carbonyl (C=O) groups excluding carboxylic acids is 3. The fourth-order valence-corrected chi connectivity index (χ4v) is 4.58. The summed E-state index contributed by atoms with van der Waals surface area (Å²) >= 11 is 1.29. The van der Waals surface area contributed by atoms with E-state index in [1.165, 1.54) is 11.8 Å². The Morgan fingerprint density at radius 2 is 1.93 bits per heavy atom. The number of hydrogen-bond acceptors (Lipinski definition) is 5. The molecule has 2 aliphatic heterocycles. The van der Waals surface area contributed by atoms with E-state index in [0.29, 0.717) is 31.7 Å². The summed E-state index contributed by atoms with van der Waals surface area (Å²) in [6.45, 7) is 2.86. The topological polar surface area (TPSA) is 91.4 Å². The minimum absolute atomic E-state index is 0.0767. The van der Waals surface area contributed by atoms with Crippen LogP contribution in [0.3, 0.4) is 0 Å². The molecule has 0 aliphatic carbocycles. The molecule has 150 valence electrons. The van der Waals surface area contributed by atoms with Crippen LogP contribution in [-0.2, 0) is 14.4 Å². The lowest BCUT2D eigenvalue weighted by atomic mass is 9.95. The Hall–Kier alpha value is -2.87. The monoisotopic (exact) mass is 410 g/mol. The Morgan fingerprint density at radius 1 is 1.17 bits per heavy atom. The molecule has 2 aliphatic rings. The van der Waals surface area contributed by atoms with Crippen molar-refractivity contribution in [3.8, 4) is 0 Å². The van der Waals surface area contributed by atoms with Crippen LogP contribution in [0.2, 0.25) is 0 Å². The van der Waals surface area contributed by atoms with Gasteiger partial charge >= 0.3 is 0 Å². The van der Waals surface area contributed by atoms with Crippen LogP contribution in [0, 0.1) is 12.8 Å². The first-order valence-corrected chi connectivity index (χ1v) is 10.5. The SMILES string of the molecule is Cc1ccc(NC(=O)C2CCN(C(=O)C3Sc4ccccc4NC3=O)CC2)nc1. The number of aryl methyl sites for hydroxylation is 1. The highest BCUT2D eigenvalue weighted by molar-refractivity contribution is 8.01. The van der Waals surface area contributed by atoms with E-state index in [9.17, 15) is 14.4 Å². The van der Waals surface area contributed by atoms with Crippen LogP contribution in [0.1, 0.15) is 18.4 Å². The van der Waals surface area contributed by atoms with Crippen LogP contribution in [0.15, 0.2) is 47.5 Å². The third-order valence-corrected chi connectivity index (χ3v) is 6.45. The number of nitrogens with zero attached hydrogens (tertiary/aromatic N) is 2. The lowest BCUT2D eigenvalue weighted by Crippen LogP contribution is -2.48. The maximum atomic E-state index is 12.9. The largest absolute Gasteiger partial charge is 0.341 e. The first-order chi connectivity index (χ1) is 14.0. The van der Waals surface area contributed by atoms with Crippen LogP contribution < -0.4 is 10.6 Å². The van der Waals surface area contributed by atoms with Crippen molar-refractivity contribution in [2.24, 2.45) is 5.92 Å². The summed E-state index contributed by atoms with van der Waals surface area (Å²) in [5.74, 6) is -0.194. The standard InChI is InChI=1S/C21H22N4O3S/c1-13-6-7-17(22-12-13)24-19(26)14-8-10-25(11-9-14)21(28)18-20(27)23-15-4-2-3-5-16(15)29-18/h2-7,12,14,18H,8-11H2,1H3,(H,23,27)(H,22,24,26). The number of fused-ring (bicyclic) bond motifs is 1. The molecule has 29 heavy (non-hydrogen) atoms. The Labute approximate surface area is 173 Å². The number of benzene rings is 1. The van der Waals surface area contributed by atoms with Crippen LogP contribution >= 0.6 is 11.8 Å². The highest BCUT2D eigenvalue weighted by atomic mass is 32.2. The summed E-state index contributed by atoms with van der Waals surface area (Å²) in [5, 5.41) is 4.87. The van der Waals surface area contributed by atoms with E-state index in [1.54, 1.807) is 17.2 Å².